The summed E-state index contributed by atoms with van der Waals surface area (Å²) in [6.07, 6.45) is 3.96. The summed E-state index contributed by atoms with van der Waals surface area (Å²) in [4.78, 5) is 0. The van der Waals surface area contributed by atoms with Crippen LogP contribution in [0.5, 0.6) is 0 Å². The lowest BCUT2D eigenvalue weighted by Gasteiger charge is -2.19. The second-order valence-electron chi connectivity index (χ2n) is 5.01. The summed E-state index contributed by atoms with van der Waals surface area (Å²) in [5.41, 5.74) is 1.13. The molecule has 1 aromatic heterocycles. The molecule has 0 bridgehead atoms. The van der Waals surface area contributed by atoms with Crippen molar-refractivity contribution in [2.45, 2.75) is 45.9 Å². The lowest BCUT2D eigenvalue weighted by molar-refractivity contribution is -0.00790. The summed E-state index contributed by atoms with van der Waals surface area (Å²) >= 11 is 0. The summed E-state index contributed by atoms with van der Waals surface area (Å²) in [5, 5.41) is 7.49. The topological polar surface area (TPSA) is 39.1 Å². The second-order valence-corrected chi connectivity index (χ2v) is 5.01. The zero-order valence-electron chi connectivity index (χ0n) is 10.9. The number of rotatable bonds is 5. The first-order valence-corrected chi connectivity index (χ1v) is 5.76. The van der Waals surface area contributed by atoms with E-state index in [2.05, 4.69) is 44.3 Å². The molecule has 0 saturated heterocycles. The lowest BCUT2D eigenvalue weighted by Crippen LogP contribution is -2.22. The third-order valence-electron chi connectivity index (χ3n) is 2.44. The predicted molar refractivity (Wildman–Crippen MR) is 65.4 cm³/mol. The molecule has 0 aliphatic heterocycles. The minimum atomic E-state index is -0.0752. The van der Waals surface area contributed by atoms with Gasteiger partial charge in [-0.15, -0.1) is 0 Å². The Morgan fingerprint density at radius 1 is 1.50 bits per heavy atom. The van der Waals surface area contributed by atoms with Gasteiger partial charge in [-0.1, -0.05) is 0 Å². The van der Waals surface area contributed by atoms with Gasteiger partial charge in [-0.25, -0.2) is 0 Å². The third-order valence-corrected chi connectivity index (χ3v) is 2.44. The van der Waals surface area contributed by atoms with Gasteiger partial charge in [0, 0.05) is 17.8 Å². The van der Waals surface area contributed by atoms with Crippen LogP contribution in [0.25, 0.3) is 0 Å². The largest absolute Gasteiger partial charge is 0.374 e. The molecule has 1 unspecified atom stereocenters. The lowest BCUT2D eigenvalue weighted by atomic mass is 10.2. The molecule has 4 heteroatoms. The van der Waals surface area contributed by atoms with Gasteiger partial charge in [0.2, 0.25) is 0 Å². The molecule has 0 aliphatic rings. The van der Waals surface area contributed by atoms with E-state index in [4.69, 9.17) is 4.74 Å². The van der Waals surface area contributed by atoms with Crippen LogP contribution >= 0.6 is 0 Å². The van der Waals surface area contributed by atoms with Crippen molar-refractivity contribution >= 4 is 0 Å². The van der Waals surface area contributed by atoms with Crippen molar-refractivity contribution in [3.8, 4) is 0 Å². The van der Waals surface area contributed by atoms with Gasteiger partial charge in [0.1, 0.15) is 0 Å². The molecule has 0 aromatic carbocycles. The number of nitrogens with one attached hydrogen (secondary N) is 1. The molecule has 4 nitrogen and oxygen atoms in total. The van der Waals surface area contributed by atoms with E-state index in [0.717, 1.165) is 6.54 Å². The van der Waals surface area contributed by atoms with Crippen LogP contribution in [0.4, 0.5) is 0 Å². The Hall–Kier alpha value is -0.870. The third kappa shape index (κ3) is 4.33. The molecule has 0 fully saturated rings. The summed E-state index contributed by atoms with van der Waals surface area (Å²) in [5.74, 6) is 0. The van der Waals surface area contributed by atoms with E-state index in [1.165, 1.54) is 5.56 Å². The first-order chi connectivity index (χ1) is 7.42. The second kappa shape index (κ2) is 5.46. The molecule has 16 heavy (non-hydrogen) atoms. The standard InChI is InChI=1S/C12H23N3O/c1-10(13-5)11-8-14-15(9-11)6-7-16-12(2,3)4/h8-10,13H,6-7H2,1-5H3. The highest BCUT2D eigenvalue weighted by molar-refractivity contribution is 5.08. The van der Waals surface area contributed by atoms with Gasteiger partial charge in [0.05, 0.1) is 24.9 Å². The quantitative estimate of drug-likeness (QED) is 0.833. The molecule has 0 radical (unpaired) electrons. The van der Waals surface area contributed by atoms with Crippen molar-refractivity contribution in [1.29, 1.82) is 0 Å². The monoisotopic (exact) mass is 225 g/mol. The molecule has 1 rings (SSSR count). The van der Waals surface area contributed by atoms with Crippen LogP contribution in [-0.2, 0) is 11.3 Å². The fourth-order valence-corrected chi connectivity index (χ4v) is 1.34. The van der Waals surface area contributed by atoms with Crippen molar-refractivity contribution in [1.82, 2.24) is 15.1 Å². The Morgan fingerprint density at radius 3 is 2.75 bits per heavy atom. The Morgan fingerprint density at radius 2 is 2.19 bits per heavy atom. The van der Waals surface area contributed by atoms with Crippen molar-refractivity contribution in [2.24, 2.45) is 0 Å². The van der Waals surface area contributed by atoms with Crippen molar-refractivity contribution < 1.29 is 4.74 Å². The molecule has 1 N–H and O–H groups in total. The highest BCUT2D eigenvalue weighted by Gasteiger charge is 2.10. The number of hydrogen-bond donors (Lipinski definition) is 1. The molecule has 1 aromatic rings. The Bertz CT molecular complexity index is 314. The van der Waals surface area contributed by atoms with Crippen LogP contribution in [-0.4, -0.2) is 29.0 Å². The zero-order valence-corrected chi connectivity index (χ0v) is 10.9. The minimum Gasteiger partial charge on any atom is -0.374 e. The van der Waals surface area contributed by atoms with E-state index in [1.54, 1.807) is 0 Å². The molecular weight excluding hydrogens is 202 g/mol. The van der Waals surface area contributed by atoms with E-state index in [0.29, 0.717) is 12.6 Å². The van der Waals surface area contributed by atoms with E-state index in [1.807, 2.05) is 17.9 Å². The van der Waals surface area contributed by atoms with Crippen molar-refractivity contribution in [3.63, 3.8) is 0 Å². The molecule has 1 atom stereocenters. The number of aromatic nitrogens is 2. The Balaban J connectivity index is 2.41. The fraction of sp³-hybridized carbons (Fsp3) is 0.750. The maximum absolute atomic E-state index is 5.65. The van der Waals surface area contributed by atoms with Gasteiger partial charge in [-0.2, -0.15) is 5.10 Å². The van der Waals surface area contributed by atoms with Gasteiger partial charge in [-0.3, -0.25) is 4.68 Å². The molecule has 0 spiro atoms. The van der Waals surface area contributed by atoms with Gasteiger partial charge >= 0.3 is 0 Å². The SMILES string of the molecule is CNC(C)c1cnn(CCOC(C)(C)C)c1. The van der Waals surface area contributed by atoms with E-state index < -0.39 is 0 Å². The molecule has 0 saturated carbocycles. The fourth-order valence-electron chi connectivity index (χ4n) is 1.34. The van der Waals surface area contributed by atoms with Crippen LogP contribution in [0, 0.1) is 0 Å². The molecule has 92 valence electrons. The average molecular weight is 225 g/mol. The summed E-state index contributed by atoms with van der Waals surface area (Å²) in [6, 6.07) is 0.345. The normalized spacial score (nSPS) is 14.1. The van der Waals surface area contributed by atoms with Gasteiger partial charge in [-0.05, 0) is 34.7 Å². The average Bonchev–Trinajstić information content (AvgIpc) is 2.63. The van der Waals surface area contributed by atoms with Gasteiger partial charge in [0.15, 0.2) is 0 Å². The van der Waals surface area contributed by atoms with E-state index >= 15 is 0 Å². The first kappa shape index (κ1) is 13.2. The van der Waals surface area contributed by atoms with Crippen LogP contribution in [0.15, 0.2) is 12.4 Å². The number of hydrogen-bond acceptors (Lipinski definition) is 3. The predicted octanol–water partition coefficient (Wildman–Crippen LogP) is 1.98. The van der Waals surface area contributed by atoms with Gasteiger partial charge < -0.3 is 10.1 Å². The maximum atomic E-state index is 5.65. The summed E-state index contributed by atoms with van der Waals surface area (Å²) in [6.45, 7) is 9.79. The summed E-state index contributed by atoms with van der Waals surface area (Å²) in [7, 11) is 1.95. The van der Waals surface area contributed by atoms with E-state index in [-0.39, 0.29) is 5.60 Å². The molecule has 1 heterocycles. The van der Waals surface area contributed by atoms with E-state index in [9.17, 15) is 0 Å². The number of nitrogens with zero attached hydrogens (tertiary/aromatic N) is 2. The molecule has 0 aliphatic carbocycles. The molecular formula is C12H23N3O. The van der Waals surface area contributed by atoms with Gasteiger partial charge in [0.25, 0.3) is 0 Å². The summed E-state index contributed by atoms with van der Waals surface area (Å²) < 4.78 is 7.58. The van der Waals surface area contributed by atoms with Crippen LogP contribution < -0.4 is 5.32 Å². The number of ether oxygens (including phenoxy) is 1. The van der Waals surface area contributed by atoms with Crippen LogP contribution in [0.1, 0.15) is 39.3 Å². The Labute approximate surface area is 98.0 Å². The van der Waals surface area contributed by atoms with Crippen LogP contribution in [0.2, 0.25) is 0 Å². The van der Waals surface area contributed by atoms with Crippen molar-refractivity contribution in [3.05, 3.63) is 18.0 Å². The first-order valence-electron chi connectivity index (χ1n) is 5.76. The molecule has 0 amide bonds. The smallest absolute Gasteiger partial charge is 0.0669 e. The zero-order chi connectivity index (χ0) is 12.2. The highest BCUT2D eigenvalue weighted by Crippen LogP contribution is 2.10. The maximum Gasteiger partial charge on any atom is 0.0669 e. The minimum absolute atomic E-state index is 0.0752. The Kier molecular flexibility index (Phi) is 4.50. The van der Waals surface area contributed by atoms with Crippen LogP contribution in [0.3, 0.4) is 0 Å². The van der Waals surface area contributed by atoms with Crippen molar-refractivity contribution in [2.75, 3.05) is 13.7 Å². The highest BCUT2D eigenvalue weighted by atomic mass is 16.5.